The minimum atomic E-state index is -0.616. The van der Waals surface area contributed by atoms with Gasteiger partial charge in [0.25, 0.3) is 0 Å². The molecule has 1 aliphatic carbocycles. The highest BCUT2D eigenvalue weighted by Gasteiger charge is 2.23. The Labute approximate surface area is 126 Å². The van der Waals surface area contributed by atoms with Crippen LogP contribution in [0.2, 0.25) is 0 Å². The zero-order chi connectivity index (χ0) is 14.7. The largest absolute Gasteiger partial charge is 0.486 e. The van der Waals surface area contributed by atoms with Gasteiger partial charge in [0.1, 0.15) is 19.3 Å². The predicted molar refractivity (Wildman–Crippen MR) is 79.8 cm³/mol. The van der Waals surface area contributed by atoms with E-state index in [4.69, 9.17) is 14.2 Å². The Morgan fingerprint density at radius 1 is 1.19 bits per heavy atom. The summed E-state index contributed by atoms with van der Waals surface area (Å²) < 4.78 is 17.0. The van der Waals surface area contributed by atoms with Gasteiger partial charge in [-0.2, -0.15) is 0 Å². The first-order valence-corrected chi connectivity index (χ1v) is 7.93. The molecule has 2 aliphatic rings. The van der Waals surface area contributed by atoms with Gasteiger partial charge in [-0.3, -0.25) is 0 Å². The highest BCUT2D eigenvalue weighted by Crippen LogP contribution is 2.33. The van der Waals surface area contributed by atoms with Crippen LogP contribution in [0.15, 0.2) is 18.2 Å². The normalized spacial score (nSPS) is 26.4. The second-order valence-electron chi connectivity index (χ2n) is 6.05. The van der Waals surface area contributed by atoms with Crippen molar-refractivity contribution < 1.29 is 19.3 Å². The molecular formula is C17H24O4. The van der Waals surface area contributed by atoms with Gasteiger partial charge in [0.15, 0.2) is 11.5 Å². The molecule has 1 heterocycles. The first-order valence-electron chi connectivity index (χ1n) is 7.93. The van der Waals surface area contributed by atoms with Crippen LogP contribution in [0.1, 0.15) is 44.3 Å². The minimum absolute atomic E-state index is 0.283. The van der Waals surface area contributed by atoms with Crippen molar-refractivity contribution in [1.29, 1.82) is 0 Å². The number of fused-ring (bicyclic) bond motifs is 1. The molecule has 1 aromatic carbocycles. The molecule has 4 nitrogen and oxygen atoms in total. The molecule has 21 heavy (non-hydrogen) atoms. The van der Waals surface area contributed by atoms with Crippen LogP contribution in [0, 0.1) is 5.92 Å². The van der Waals surface area contributed by atoms with Crippen molar-refractivity contribution in [3.8, 4) is 11.5 Å². The number of hydrogen-bond donors (Lipinski definition) is 1. The maximum atomic E-state index is 10.3. The number of hydrogen-bond acceptors (Lipinski definition) is 4. The van der Waals surface area contributed by atoms with Crippen LogP contribution in [0.25, 0.3) is 0 Å². The van der Waals surface area contributed by atoms with E-state index in [-0.39, 0.29) is 6.10 Å². The van der Waals surface area contributed by atoms with Crippen molar-refractivity contribution in [3.63, 3.8) is 0 Å². The number of benzene rings is 1. The lowest BCUT2D eigenvalue weighted by atomic mass is 9.88. The second-order valence-corrected chi connectivity index (χ2v) is 6.05. The zero-order valence-corrected chi connectivity index (χ0v) is 12.6. The van der Waals surface area contributed by atoms with Gasteiger partial charge < -0.3 is 19.3 Å². The molecule has 0 spiro atoms. The SMILES string of the molecule is CC1CCCCC1OCC(O)c1ccc2c(c1)OCCO2. The summed E-state index contributed by atoms with van der Waals surface area (Å²) in [5.41, 5.74) is 0.822. The Morgan fingerprint density at radius 2 is 1.95 bits per heavy atom. The average Bonchev–Trinajstić information content (AvgIpc) is 2.53. The van der Waals surface area contributed by atoms with Crippen LogP contribution in [-0.4, -0.2) is 31.0 Å². The summed E-state index contributed by atoms with van der Waals surface area (Å²) >= 11 is 0. The molecule has 3 rings (SSSR count). The predicted octanol–water partition coefficient (Wildman–Crippen LogP) is 3.09. The van der Waals surface area contributed by atoms with Crippen molar-refractivity contribution in [2.24, 2.45) is 5.92 Å². The van der Waals surface area contributed by atoms with Crippen LogP contribution in [-0.2, 0) is 4.74 Å². The molecule has 1 aliphatic heterocycles. The topological polar surface area (TPSA) is 47.9 Å². The van der Waals surface area contributed by atoms with Crippen LogP contribution in [0.4, 0.5) is 0 Å². The monoisotopic (exact) mass is 292 g/mol. The quantitative estimate of drug-likeness (QED) is 0.926. The highest BCUT2D eigenvalue weighted by molar-refractivity contribution is 5.44. The maximum Gasteiger partial charge on any atom is 0.161 e. The maximum absolute atomic E-state index is 10.3. The standard InChI is InChI=1S/C17H24O4/c1-12-4-2-3-5-15(12)21-11-14(18)13-6-7-16-17(10-13)20-9-8-19-16/h6-7,10,12,14-15,18H,2-5,8-9,11H2,1H3. The summed E-state index contributed by atoms with van der Waals surface area (Å²) in [7, 11) is 0. The van der Waals surface area contributed by atoms with Crippen LogP contribution < -0.4 is 9.47 Å². The number of aliphatic hydroxyl groups is 1. The highest BCUT2D eigenvalue weighted by atomic mass is 16.6. The molecule has 1 fully saturated rings. The van der Waals surface area contributed by atoms with E-state index in [9.17, 15) is 5.11 Å². The van der Waals surface area contributed by atoms with E-state index in [1.165, 1.54) is 19.3 Å². The van der Waals surface area contributed by atoms with Crippen molar-refractivity contribution in [3.05, 3.63) is 23.8 Å². The van der Waals surface area contributed by atoms with E-state index in [1.54, 1.807) is 0 Å². The lowest BCUT2D eigenvalue weighted by Gasteiger charge is -2.29. The Morgan fingerprint density at radius 3 is 2.76 bits per heavy atom. The summed E-state index contributed by atoms with van der Waals surface area (Å²) in [6, 6.07) is 5.59. The molecule has 3 unspecified atom stereocenters. The summed E-state index contributed by atoms with van der Waals surface area (Å²) in [6.07, 6.45) is 4.53. The van der Waals surface area contributed by atoms with E-state index >= 15 is 0 Å². The lowest BCUT2D eigenvalue weighted by Crippen LogP contribution is -2.27. The smallest absolute Gasteiger partial charge is 0.161 e. The Kier molecular flexibility index (Phi) is 4.66. The molecule has 116 valence electrons. The van der Waals surface area contributed by atoms with Crippen molar-refractivity contribution >= 4 is 0 Å². The third-order valence-corrected chi connectivity index (χ3v) is 4.45. The van der Waals surface area contributed by atoms with E-state index < -0.39 is 6.10 Å². The van der Waals surface area contributed by atoms with Crippen LogP contribution >= 0.6 is 0 Å². The molecule has 1 saturated carbocycles. The van der Waals surface area contributed by atoms with Crippen molar-refractivity contribution in [1.82, 2.24) is 0 Å². The van der Waals surface area contributed by atoms with Gasteiger partial charge >= 0.3 is 0 Å². The summed E-state index contributed by atoms with van der Waals surface area (Å²) in [5.74, 6) is 2.05. The van der Waals surface area contributed by atoms with Crippen LogP contribution in [0.5, 0.6) is 11.5 Å². The van der Waals surface area contributed by atoms with Gasteiger partial charge in [0.2, 0.25) is 0 Å². The van der Waals surface area contributed by atoms with Gasteiger partial charge in [0, 0.05) is 0 Å². The molecule has 4 heteroatoms. The Bertz CT molecular complexity index is 474. The third-order valence-electron chi connectivity index (χ3n) is 4.45. The fourth-order valence-corrected chi connectivity index (χ4v) is 3.11. The van der Waals surface area contributed by atoms with Gasteiger partial charge in [-0.15, -0.1) is 0 Å². The van der Waals surface area contributed by atoms with Gasteiger partial charge in [-0.1, -0.05) is 25.8 Å². The molecule has 0 radical (unpaired) electrons. The molecule has 0 bridgehead atoms. The summed E-state index contributed by atoms with van der Waals surface area (Å²) in [5, 5.41) is 10.3. The molecule has 3 atom stereocenters. The van der Waals surface area contributed by atoms with Crippen molar-refractivity contribution in [2.45, 2.75) is 44.8 Å². The molecule has 1 aromatic rings. The molecule has 0 saturated heterocycles. The lowest BCUT2D eigenvalue weighted by molar-refractivity contribution is -0.0468. The first-order chi connectivity index (χ1) is 10.2. The van der Waals surface area contributed by atoms with Crippen LogP contribution in [0.3, 0.4) is 0 Å². The second kappa shape index (κ2) is 6.67. The number of aliphatic hydroxyl groups excluding tert-OH is 1. The molecule has 1 N–H and O–H groups in total. The van der Waals surface area contributed by atoms with E-state index in [1.807, 2.05) is 18.2 Å². The number of ether oxygens (including phenoxy) is 3. The summed E-state index contributed by atoms with van der Waals surface area (Å²) in [4.78, 5) is 0. The fraction of sp³-hybridized carbons (Fsp3) is 0.647. The average molecular weight is 292 g/mol. The fourth-order valence-electron chi connectivity index (χ4n) is 3.11. The van der Waals surface area contributed by atoms with Gasteiger partial charge in [-0.05, 0) is 36.5 Å². The first kappa shape index (κ1) is 14.7. The third kappa shape index (κ3) is 3.50. The minimum Gasteiger partial charge on any atom is -0.486 e. The zero-order valence-electron chi connectivity index (χ0n) is 12.6. The molecule has 0 aromatic heterocycles. The van der Waals surface area contributed by atoms with Gasteiger partial charge in [0.05, 0.1) is 12.7 Å². The van der Waals surface area contributed by atoms with E-state index in [0.29, 0.717) is 31.5 Å². The number of rotatable bonds is 4. The molecular weight excluding hydrogens is 268 g/mol. The summed E-state index contributed by atoms with van der Waals surface area (Å²) in [6.45, 7) is 3.72. The van der Waals surface area contributed by atoms with E-state index in [2.05, 4.69) is 6.92 Å². The van der Waals surface area contributed by atoms with Gasteiger partial charge in [-0.25, -0.2) is 0 Å². The Hall–Kier alpha value is -1.26. The van der Waals surface area contributed by atoms with Crippen molar-refractivity contribution in [2.75, 3.05) is 19.8 Å². The molecule has 0 amide bonds. The van der Waals surface area contributed by atoms with E-state index in [0.717, 1.165) is 17.7 Å². The Balaban J connectivity index is 1.58.